The van der Waals surface area contributed by atoms with Crippen molar-refractivity contribution >= 4 is 10.0 Å². The van der Waals surface area contributed by atoms with Crippen LogP contribution in [0.2, 0.25) is 0 Å². The number of nitrogens with zero attached hydrogens (tertiary/aromatic N) is 1. The Morgan fingerprint density at radius 3 is 2.55 bits per heavy atom. The summed E-state index contributed by atoms with van der Waals surface area (Å²) in [6.45, 7) is 3.12. The second-order valence-corrected chi connectivity index (χ2v) is 7.14. The van der Waals surface area contributed by atoms with Crippen LogP contribution in [0.1, 0.15) is 31.4 Å². The fourth-order valence-corrected chi connectivity index (χ4v) is 3.52. The molecule has 2 unspecified atom stereocenters. The van der Waals surface area contributed by atoms with Gasteiger partial charge in [-0.25, -0.2) is 13.1 Å². The van der Waals surface area contributed by atoms with Crippen molar-refractivity contribution in [2.24, 2.45) is 0 Å². The molecule has 1 saturated heterocycles. The second-order valence-electron chi connectivity index (χ2n) is 5.37. The van der Waals surface area contributed by atoms with Crippen LogP contribution in [0.3, 0.4) is 0 Å². The zero-order chi connectivity index (χ0) is 14.8. The second kappa shape index (κ2) is 6.22. The van der Waals surface area contributed by atoms with Crippen LogP contribution in [0.5, 0.6) is 0 Å². The first-order chi connectivity index (χ1) is 9.40. The highest BCUT2D eigenvalue weighted by atomic mass is 32.2. The molecule has 112 valence electrons. The fraction of sp³-hybridized carbons (Fsp3) is 0.571. The number of sulfonamides is 1. The van der Waals surface area contributed by atoms with Gasteiger partial charge in [0.25, 0.3) is 0 Å². The number of hydrogen-bond acceptors (Lipinski definition) is 4. The van der Waals surface area contributed by atoms with Crippen LogP contribution in [-0.4, -0.2) is 44.6 Å². The molecular weight excluding hydrogens is 276 g/mol. The van der Waals surface area contributed by atoms with Crippen molar-refractivity contribution in [2.45, 2.75) is 36.8 Å². The summed E-state index contributed by atoms with van der Waals surface area (Å²) in [6.07, 6.45) is 1.55. The lowest BCUT2D eigenvalue weighted by atomic mass is 10.1. The molecule has 1 aliphatic heterocycles. The number of hydrogen-bond donors (Lipinski definition) is 2. The van der Waals surface area contributed by atoms with Gasteiger partial charge in [0.05, 0.1) is 11.0 Å². The molecular formula is C14H22N2O3S. The molecule has 0 bridgehead atoms. The standard InChI is InChI=1S/C14H22N2O3S/c1-11(17)12-5-7-14(8-6-12)20(18,19)15-10-13-4-3-9-16(13)2/h5-8,11,13,15,17H,3-4,9-10H2,1-2H3. The Morgan fingerprint density at radius 1 is 1.40 bits per heavy atom. The van der Waals surface area contributed by atoms with Crippen molar-refractivity contribution < 1.29 is 13.5 Å². The highest BCUT2D eigenvalue weighted by Crippen LogP contribution is 2.17. The lowest BCUT2D eigenvalue weighted by Crippen LogP contribution is -2.38. The third kappa shape index (κ3) is 3.58. The Morgan fingerprint density at radius 2 is 2.05 bits per heavy atom. The molecule has 0 aromatic heterocycles. The molecule has 0 spiro atoms. The number of likely N-dealkylation sites (tertiary alicyclic amines) is 1. The van der Waals surface area contributed by atoms with E-state index in [0.717, 1.165) is 19.4 Å². The molecule has 6 heteroatoms. The van der Waals surface area contributed by atoms with E-state index in [4.69, 9.17) is 0 Å². The van der Waals surface area contributed by atoms with E-state index in [0.29, 0.717) is 12.1 Å². The van der Waals surface area contributed by atoms with Crippen molar-refractivity contribution in [1.82, 2.24) is 9.62 Å². The average molecular weight is 298 g/mol. The van der Waals surface area contributed by atoms with Gasteiger partial charge in [0, 0.05) is 12.6 Å². The van der Waals surface area contributed by atoms with Gasteiger partial charge in [-0.2, -0.15) is 0 Å². The predicted octanol–water partition coefficient (Wildman–Crippen LogP) is 1.11. The Balaban J connectivity index is 2.02. The molecule has 1 aromatic rings. The molecule has 20 heavy (non-hydrogen) atoms. The molecule has 1 fully saturated rings. The van der Waals surface area contributed by atoms with Gasteiger partial charge in [-0.3, -0.25) is 0 Å². The summed E-state index contributed by atoms with van der Waals surface area (Å²) in [4.78, 5) is 2.42. The summed E-state index contributed by atoms with van der Waals surface area (Å²) >= 11 is 0. The number of rotatable bonds is 5. The van der Waals surface area contributed by atoms with Crippen molar-refractivity contribution in [3.05, 3.63) is 29.8 Å². The van der Waals surface area contributed by atoms with E-state index in [9.17, 15) is 13.5 Å². The van der Waals surface area contributed by atoms with E-state index < -0.39 is 16.1 Å². The van der Waals surface area contributed by atoms with Gasteiger partial charge in [0.1, 0.15) is 0 Å². The van der Waals surface area contributed by atoms with Gasteiger partial charge < -0.3 is 10.0 Å². The highest BCUT2D eigenvalue weighted by Gasteiger charge is 2.23. The number of nitrogens with one attached hydrogen (secondary N) is 1. The van der Waals surface area contributed by atoms with Crippen LogP contribution in [0.4, 0.5) is 0 Å². The smallest absolute Gasteiger partial charge is 0.240 e. The van der Waals surface area contributed by atoms with Crippen LogP contribution in [0, 0.1) is 0 Å². The zero-order valence-electron chi connectivity index (χ0n) is 11.9. The van der Waals surface area contributed by atoms with Gasteiger partial charge in [0.2, 0.25) is 10.0 Å². The van der Waals surface area contributed by atoms with E-state index in [1.807, 2.05) is 7.05 Å². The summed E-state index contributed by atoms with van der Waals surface area (Å²) in [6, 6.07) is 6.62. The van der Waals surface area contributed by atoms with Crippen LogP contribution < -0.4 is 4.72 Å². The van der Waals surface area contributed by atoms with Gasteiger partial charge >= 0.3 is 0 Å². The molecule has 0 radical (unpaired) electrons. The van der Waals surface area contributed by atoms with Crippen molar-refractivity contribution in [1.29, 1.82) is 0 Å². The third-order valence-electron chi connectivity index (χ3n) is 3.85. The van der Waals surface area contributed by atoms with Crippen LogP contribution in [-0.2, 0) is 10.0 Å². The molecule has 2 rings (SSSR count). The third-order valence-corrected chi connectivity index (χ3v) is 5.29. The van der Waals surface area contributed by atoms with Crippen LogP contribution in [0.25, 0.3) is 0 Å². The van der Waals surface area contributed by atoms with E-state index in [1.54, 1.807) is 19.1 Å². The summed E-state index contributed by atoms with van der Waals surface area (Å²) in [7, 11) is -1.45. The summed E-state index contributed by atoms with van der Waals surface area (Å²) in [5.74, 6) is 0. The summed E-state index contributed by atoms with van der Waals surface area (Å²) in [5, 5.41) is 9.42. The minimum absolute atomic E-state index is 0.238. The van der Waals surface area contributed by atoms with Gasteiger partial charge in [-0.15, -0.1) is 0 Å². The summed E-state index contributed by atoms with van der Waals surface area (Å²) < 4.78 is 27.0. The zero-order valence-corrected chi connectivity index (χ0v) is 12.7. The first-order valence-electron chi connectivity index (χ1n) is 6.88. The first kappa shape index (κ1) is 15.4. The largest absolute Gasteiger partial charge is 0.389 e. The minimum atomic E-state index is -3.47. The minimum Gasteiger partial charge on any atom is -0.389 e. The Hall–Kier alpha value is -0.950. The number of likely N-dealkylation sites (N-methyl/N-ethyl adjacent to an activating group) is 1. The van der Waals surface area contributed by atoms with Crippen molar-refractivity contribution in [3.8, 4) is 0 Å². The number of aliphatic hydroxyl groups is 1. The molecule has 2 N–H and O–H groups in total. The SMILES string of the molecule is CC(O)c1ccc(S(=O)(=O)NCC2CCCN2C)cc1. The monoisotopic (exact) mass is 298 g/mol. The normalized spacial score (nSPS) is 22.1. The van der Waals surface area contributed by atoms with E-state index >= 15 is 0 Å². The molecule has 0 aliphatic carbocycles. The summed E-state index contributed by atoms with van der Waals surface area (Å²) in [5.41, 5.74) is 0.708. The number of benzene rings is 1. The molecule has 0 amide bonds. The Labute approximate surface area is 120 Å². The molecule has 1 aliphatic rings. The van der Waals surface area contributed by atoms with Crippen LogP contribution >= 0.6 is 0 Å². The van der Waals surface area contributed by atoms with E-state index in [-0.39, 0.29) is 10.9 Å². The first-order valence-corrected chi connectivity index (χ1v) is 8.36. The van der Waals surface area contributed by atoms with Gasteiger partial charge in [-0.05, 0) is 51.1 Å². The number of aliphatic hydroxyl groups excluding tert-OH is 1. The fourth-order valence-electron chi connectivity index (χ4n) is 2.45. The maximum Gasteiger partial charge on any atom is 0.240 e. The average Bonchev–Trinajstić information content (AvgIpc) is 2.82. The Bertz CT molecular complexity index is 540. The molecule has 2 atom stereocenters. The molecule has 1 aromatic carbocycles. The lowest BCUT2D eigenvalue weighted by molar-refractivity contribution is 0.199. The molecule has 0 saturated carbocycles. The molecule has 5 nitrogen and oxygen atoms in total. The maximum atomic E-state index is 12.2. The van der Waals surface area contributed by atoms with E-state index in [2.05, 4.69) is 9.62 Å². The molecule has 1 heterocycles. The van der Waals surface area contributed by atoms with E-state index in [1.165, 1.54) is 12.1 Å². The Kier molecular flexibility index (Phi) is 4.80. The van der Waals surface area contributed by atoms with Crippen LogP contribution in [0.15, 0.2) is 29.2 Å². The maximum absolute atomic E-state index is 12.2. The van der Waals surface area contributed by atoms with Gasteiger partial charge in [-0.1, -0.05) is 12.1 Å². The topological polar surface area (TPSA) is 69.6 Å². The lowest BCUT2D eigenvalue weighted by Gasteiger charge is -2.19. The van der Waals surface area contributed by atoms with Crippen molar-refractivity contribution in [3.63, 3.8) is 0 Å². The van der Waals surface area contributed by atoms with Gasteiger partial charge in [0.15, 0.2) is 0 Å². The highest BCUT2D eigenvalue weighted by molar-refractivity contribution is 7.89. The van der Waals surface area contributed by atoms with Crippen molar-refractivity contribution in [2.75, 3.05) is 20.1 Å². The predicted molar refractivity (Wildman–Crippen MR) is 77.9 cm³/mol. The quantitative estimate of drug-likeness (QED) is 0.854.